The molecule has 2 rings (SSSR count). The van der Waals surface area contributed by atoms with Crippen LogP contribution < -0.4 is 5.73 Å². The molecule has 0 aromatic carbocycles. The Bertz CT molecular complexity index is 388. The molecular weight excluding hydrogens is 226 g/mol. The Kier molecular flexibility index (Phi) is 3.71. The largest absolute Gasteiger partial charge is 0.329 e. The monoisotopic (exact) mass is 237 g/mol. The first kappa shape index (κ1) is 10.6. The summed E-state index contributed by atoms with van der Waals surface area (Å²) in [6.45, 7) is 0.609. The van der Waals surface area contributed by atoms with Crippen molar-refractivity contribution in [2.45, 2.75) is 10.3 Å². The van der Waals surface area contributed by atoms with Crippen molar-refractivity contribution in [1.82, 2.24) is 9.97 Å². The molecule has 0 saturated carbocycles. The SMILES string of the molecule is NCC(Sc1cnccn1)c1ccsc1. The molecule has 0 aliphatic heterocycles. The lowest BCUT2D eigenvalue weighted by molar-refractivity contribution is 0.935. The van der Waals surface area contributed by atoms with Crippen LogP contribution in [0.4, 0.5) is 0 Å². The summed E-state index contributed by atoms with van der Waals surface area (Å²) in [5.41, 5.74) is 7.01. The van der Waals surface area contributed by atoms with E-state index >= 15 is 0 Å². The minimum Gasteiger partial charge on any atom is -0.329 e. The van der Waals surface area contributed by atoms with Gasteiger partial charge in [-0.05, 0) is 22.4 Å². The van der Waals surface area contributed by atoms with E-state index in [1.165, 1.54) is 5.56 Å². The molecule has 1 unspecified atom stereocenters. The Balaban J connectivity index is 2.10. The Labute approximate surface area is 96.8 Å². The van der Waals surface area contributed by atoms with Crippen LogP contribution in [0.5, 0.6) is 0 Å². The van der Waals surface area contributed by atoms with Crippen molar-refractivity contribution in [3.63, 3.8) is 0 Å². The predicted molar refractivity (Wildman–Crippen MR) is 64.0 cm³/mol. The van der Waals surface area contributed by atoms with Crippen LogP contribution in [0.1, 0.15) is 10.8 Å². The molecule has 0 aliphatic rings. The highest BCUT2D eigenvalue weighted by atomic mass is 32.2. The molecule has 15 heavy (non-hydrogen) atoms. The fraction of sp³-hybridized carbons (Fsp3) is 0.200. The van der Waals surface area contributed by atoms with Crippen LogP contribution in [0, 0.1) is 0 Å². The lowest BCUT2D eigenvalue weighted by atomic mass is 10.2. The maximum Gasteiger partial charge on any atom is 0.115 e. The Hall–Kier alpha value is -0.910. The van der Waals surface area contributed by atoms with E-state index in [1.807, 2.05) is 0 Å². The first-order valence-electron chi connectivity index (χ1n) is 4.55. The van der Waals surface area contributed by atoms with Gasteiger partial charge >= 0.3 is 0 Å². The van der Waals surface area contributed by atoms with Gasteiger partial charge in [-0.1, -0.05) is 11.8 Å². The van der Waals surface area contributed by atoms with E-state index in [2.05, 4.69) is 26.8 Å². The molecule has 1 atom stereocenters. The fourth-order valence-electron chi connectivity index (χ4n) is 1.20. The molecule has 2 heterocycles. The first-order valence-corrected chi connectivity index (χ1v) is 6.37. The number of rotatable bonds is 4. The van der Waals surface area contributed by atoms with Gasteiger partial charge in [0.05, 0.1) is 6.20 Å². The van der Waals surface area contributed by atoms with E-state index in [-0.39, 0.29) is 5.25 Å². The fourth-order valence-corrected chi connectivity index (χ4v) is 2.92. The van der Waals surface area contributed by atoms with Crippen molar-refractivity contribution >= 4 is 23.1 Å². The van der Waals surface area contributed by atoms with Gasteiger partial charge < -0.3 is 5.73 Å². The van der Waals surface area contributed by atoms with Gasteiger partial charge in [-0.25, -0.2) is 4.98 Å². The maximum atomic E-state index is 5.75. The van der Waals surface area contributed by atoms with E-state index < -0.39 is 0 Å². The minimum atomic E-state index is 0.271. The van der Waals surface area contributed by atoms with Crippen LogP contribution in [-0.2, 0) is 0 Å². The van der Waals surface area contributed by atoms with Crippen molar-refractivity contribution in [2.75, 3.05) is 6.54 Å². The Morgan fingerprint density at radius 3 is 3.00 bits per heavy atom. The number of nitrogens with two attached hydrogens (primary N) is 1. The highest BCUT2D eigenvalue weighted by Crippen LogP contribution is 2.33. The normalized spacial score (nSPS) is 12.6. The number of hydrogen-bond acceptors (Lipinski definition) is 5. The second-order valence-corrected chi connectivity index (χ2v) is 4.95. The second kappa shape index (κ2) is 5.25. The highest BCUT2D eigenvalue weighted by molar-refractivity contribution is 7.99. The van der Waals surface area contributed by atoms with E-state index in [0.29, 0.717) is 6.54 Å². The topological polar surface area (TPSA) is 51.8 Å². The summed E-state index contributed by atoms with van der Waals surface area (Å²) in [4.78, 5) is 8.26. The lowest BCUT2D eigenvalue weighted by Crippen LogP contribution is -2.08. The van der Waals surface area contributed by atoms with Gasteiger partial charge in [0.15, 0.2) is 0 Å². The summed E-state index contributed by atoms with van der Waals surface area (Å²) in [5, 5.41) is 5.38. The third-order valence-electron chi connectivity index (χ3n) is 1.93. The summed E-state index contributed by atoms with van der Waals surface area (Å²) in [6.07, 6.45) is 5.13. The zero-order valence-electron chi connectivity index (χ0n) is 8.04. The number of thioether (sulfide) groups is 1. The molecule has 3 nitrogen and oxygen atoms in total. The molecule has 2 aromatic heterocycles. The number of aromatic nitrogens is 2. The summed E-state index contributed by atoms with van der Waals surface area (Å²) in [5.74, 6) is 0. The van der Waals surface area contributed by atoms with Gasteiger partial charge in [-0.2, -0.15) is 11.3 Å². The second-order valence-electron chi connectivity index (χ2n) is 2.94. The Morgan fingerprint density at radius 2 is 2.40 bits per heavy atom. The van der Waals surface area contributed by atoms with Crippen LogP contribution >= 0.6 is 23.1 Å². The molecule has 0 spiro atoms. The zero-order valence-corrected chi connectivity index (χ0v) is 9.67. The van der Waals surface area contributed by atoms with Crippen molar-refractivity contribution < 1.29 is 0 Å². The van der Waals surface area contributed by atoms with Crippen LogP contribution in [-0.4, -0.2) is 16.5 Å². The van der Waals surface area contributed by atoms with Gasteiger partial charge in [-0.3, -0.25) is 4.98 Å². The third-order valence-corrected chi connectivity index (χ3v) is 3.83. The molecule has 0 radical (unpaired) electrons. The molecule has 0 bridgehead atoms. The van der Waals surface area contributed by atoms with E-state index in [0.717, 1.165) is 5.03 Å². The van der Waals surface area contributed by atoms with Crippen LogP contribution in [0.25, 0.3) is 0 Å². The van der Waals surface area contributed by atoms with Crippen LogP contribution in [0.3, 0.4) is 0 Å². The lowest BCUT2D eigenvalue weighted by Gasteiger charge is -2.11. The number of nitrogens with zero attached hydrogens (tertiary/aromatic N) is 2. The molecule has 2 aromatic rings. The van der Waals surface area contributed by atoms with Crippen molar-refractivity contribution in [3.05, 3.63) is 41.0 Å². The molecule has 78 valence electrons. The summed E-state index contributed by atoms with van der Waals surface area (Å²) < 4.78 is 0. The van der Waals surface area contributed by atoms with Gasteiger partial charge in [0.2, 0.25) is 0 Å². The summed E-state index contributed by atoms with van der Waals surface area (Å²) >= 11 is 3.34. The molecule has 0 saturated heterocycles. The third kappa shape index (κ3) is 2.77. The molecule has 2 N–H and O–H groups in total. The van der Waals surface area contributed by atoms with Crippen molar-refractivity contribution in [3.8, 4) is 0 Å². The van der Waals surface area contributed by atoms with Crippen LogP contribution in [0.15, 0.2) is 40.4 Å². The summed E-state index contributed by atoms with van der Waals surface area (Å²) in [7, 11) is 0. The first-order chi connectivity index (χ1) is 7.40. The quantitative estimate of drug-likeness (QED) is 0.829. The maximum absolute atomic E-state index is 5.75. The van der Waals surface area contributed by atoms with E-state index in [1.54, 1.807) is 41.7 Å². The molecule has 5 heteroatoms. The average Bonchev–Trinajstić information content (AvgIpc) is 2.81. The molecular formula is C10H11N3S2. The van der Waals surface area contributed by atoms with Crippen LogP contribution in [0.2, 0.25) is 0 Å². The van der Waals surface area contributed by atoms with Gasteiger partial charge in [-0.15, -0.1) is 0 Å². The van der Waals surface area contributed by atoms with E-state index in [4.69, 9.17) is 5.73 Å². The average molecular weight is 237 g/mol. The van der Waals surface area contributed by atoms with E-state index in [9.17, 15) is 0 Å². The Morgan fingerprint density at radius 1 is 1.47 bits per heavy atom. The van der Waals surface area contributed by atoms with Crippen molar-refractivity contribution in [2.24, 2.45) is 5.73 Å². The summed E-state index contributed by atoms with van der Waals surface area (Å²) in [6, 6.07) is 2.10. The molecule has 0 amide bonds. The highest BCUT2D eigenvalue weighted by Gasteiger charge is 2.12. The number of hydrogen-bond donors (Lipinski definition) is 1. The standard InChI is InChI=1S/C10H11N3S2/c11-5-9(8-1-4-14-7-8)15-10-6-12-2-3-13-10/h1-4,6-7,9H,5,11H2. The smallest absolute Gasteiger partial charge is 0.115 e. The minimum absolute atomic E-state index is 0.271. The molecule has 0 aliphatic carbocycles. The van der Waals surface area contributed by atoms with Crippen molar-refractivity contribution in [1.29, 1.82) is 0 Å². The zero-order chi connectivity index (χ0) is 10.5. The van der Waals surface area contributed by atoms with Gasteiger partial charge in [0.25, 0.3) is 0 Å². The van der Waals surface area contributed by atoms with Gasteiger partial charge in [0.1, 0.15) is 5.03 Å². The predicted octanol–water partition coefficient (Wildman–Crippen LogP) is 2.33. The van der Waals surface area contributed by atoms with Gasteiger partial charge in [0, 0.05) is 24.2 Å². The molecule has 0 fully saturated rings. The number of thiophene rings is 1.